The van der Waals surface area contributed by atoms with Gasteiger partial charge < -0.3 is 0 Å². The Bertz CT molecular complexity index is 536. The van der Waals surface area contributed by atoms with Crippen LogP contribution in [0.1, 0.15) is 18.4 Å². The number of sulfonamides is 1. The van der Waals surface area contributed by atoms with Crippen LogP contribution in [0.3, 0.4) is 0 Å². The van der Waals surface area contributed by atoms with Crippen molar-refractivity contribution in [3.8, 4) is 0 Å². The molecule has 1 atom stereocenters. The number of piperidine rings is 1. The number of carbonyl (C=O) groups is 1. The SMILES string of the molecule is Cc1ncc(S(=O)(=O)N2CCC(=O)C(C)C2)s1. The fourth-order valence-corrected chi connectivity index (χ4v) is 4.58. The number of aromatic nitrogens is 1. The lowest BCUT2D eigenvalue weighted by atomic mass is 10.0. The average Bonchev–Trinajstić information content (AvgIpc) is 2.69. The number of hydrogen-bond acceptors (Lipinski definition) is 5. The number of ketones is 1. The number of thiazole rings is 1. The summed E-state index contributed by atoms with van der Waals surface area (Å²) in [4.78, 5) is 15.3. The molecule has 1 aliphatic heterocycles. The van der Waals surface area contributed by atoms with Gasteiger partial charge in [0.1, 0.15) is 5.78 Å². The molecule has 1 unspecified atom stereocenters. The van der Waals surface area contributed by atoms with Crippen molar-refractivity contribution in [3.05, 3.63) is 11.2 Å². The molecule has 94 valence electrons. The third kappa shape index (κ3) is 2.41. The Hall–Kier alpha value is -0.790. The van der Waals surface area contributed by atoms with Gasteiger partial charge in [-0.25, -0.2) is 13.4 Å². The van der Waals surface area contributed by atoms with Crippen LogP contribution in [0.5, 0.6) is 0 Å². The van der Waals surface area contributed by atoms with Crippen LogP contribution < -0.4 is 0 Å². The molecule has 2 heterocycles. The molecule has 0 amide bonds. The summed E-state index contributed by atoms with van der Waals surface area (Å²) >= 11 is 1.16. The molecule has 0 aliphatic carbocycles. The van der Waals surface area contributed by atoms with Crippen LogP contribution in [0.15, 0.2) is 10.4 Å². The molecule has 5 nitrogen and oxygen atoms in total. The minimum absolute atomic E-state index is 0.136. The summed E-state index contributed by atoms with van der Waals surface area (Å²) in [6.07, 6.45) is 1.69. The summed E-state index contributed by atoms with van der Waals surface area (Å²) in [5, 5.41) is 0.727. The first kappa shape index (κ1) is 12.7. The van der Waals surface area contributed by atoms with Crippen molar-refractivity contribution in [1.82, 2.24) is 9.29 Å². The number of carbonyl (C=O) groups excluding carboxylic acids is 1. The van der Waals surface area contributed by atoms with Crippen LogP contribution in [0.25, 0.3) is 0 Å². The normalized spacial score (nSPS) is 22.9. The Kier molecular flexibility index (Phi) is 3.33. The zero-order valence-electron chi connectivity index (χ0n) is 9.71. The molecule has 0 N–H and O–H groups in total. The lowest BCUT2D eigenvalue weighted by Gasteiger charge is -2.28. The van der Waals surface area contributed by atoms with Gasteiger partial charge in [-0.1, -0.05) is 6.92 Å². The van der Waals surface area contributed by atoms with Gasteiger partial charge in [-0.15, -0.1) is 11.3 Å². The molecule has 0 spiro atoms. The highest BCUT2D eigenvalue weighted by molar-refractivity contribution is 7.91. The van der Waals surface area contributed by atoms with Gasteiger partial charge in [0, 0.05) is 25.4 Å². The predicted octanol–water partition coefficient (Wildman–Crippen LogP) is 1.05. The van der Waals surface area contributed by atoms with E-state index in [1.165, 1.54) is 10.5 Å². The smallest absolute Gasteiger partial charge is 0.254 e. The van der Waals surface area contributed by atoms with E-state index in [0.29, 0.717) is 6.42 Å². The van der Waals surface area contributed by atoms with E-state index in [4.69, 9.17) is 0 Å². The average molecular weight is 274 g/mol. The van der Waals surface area contributed by atoms with Crippen molar-refractivity contribution >= 4 is 27.1 Å². The molecule has 1 fully saturated rings. The van der Waals surface area contributed by atoms with Gasteiger partial charge in [-0.05, 0) is 6.92 Å². The van der Waals surface area contributed by atoms with Crippen molar-refractivity contribution in [3.63, 3.8) is 0 Å². The minimum atomic E-state index is -3.46. The Morgan fingerprint density at radius 1 is 1.53 bits per heavy atom. The Labute approximate surface area is 105 Å². The Morgan fingerprint density at radius 2 is 2.24 bits per heavy atom. The van der Waals surface area contributed by atoms with Crippen molar-refractivity contribution in [2.45, 2.75) is 24.5 Å². The zero-order chi connectivity index (χ0) is 12.6. The summed E-state index contributed by atoms with van der Waals surface area (Å²) in [7, 11) is -3.46. The summed E-state index contributed by atoms with van der Waals surface area (Å²) in [5.74, 6) is -0.0792. The number of Topliss-reactive ketones (excluding diaryl/α,β-unsaturated/α-hetero) is 1. The summed E-state index contributed by atoms with van der Waals surface area (Å²) in [5.41, 5.74) is 0. The summed E-state index contributed by atoms with van der Waals surface area (Å²) in [6, 6.07) is 0. The largest absolute Gasteiger partial charge is 0.299 e. The highest BCUT2D eigenvalue weighted by Gasteiger charge is 2.33. The third-order valence-electron chi connectivity index (χ3n) is 2.83. The van der Waals surface area contributed by atoms with Gasteiger partial charge in [-0.3, -0.25) is 4.79 Å². The predicted molar refractivity (Wildman–Crippen MR) is 64.4 cm³/mol. The third-order valence-corrected chi connectivity index (χ3v) is 6.04. The summed E-state index contributed by atoms with van der Waals surface area (Å²) in [6.45, 7) is 4.09. The molecule has 1 aromatic rings. The molecular formula is C10H14N2O3S2. The van der Waals surface area contributed by atoms with Crippen LogP contribution in [0, 0.1) is 12.8 Å². The molecule has 1 aromatic heterocycles. The van der Waals surface area contributed by atoms with Gasteiger partial charge in [0.2, 0.25) is 0 Å². The van der Waals surface area contributed by atoms with Crippen LogP contribution in [-0.2, 0) is 14.8 Å². The second kappa shape index (κ2) is 4.47. The fraction of sp³-hybridized carbons (Fsp3) is 0.600. The van der Waals surface area contributed by atoms with E-state index < -0.39 is 10.0 Å². The van der Waals surface area contributed by atoms with Crippen LogP contribution >= 0.6 is 11.3 Å². The van der Waals surface area contributed by atoms with Gasteiger partial charge in [0.05, 0.1) is 11.2 Å². The maximum atomic E-state index is 12.2. The van der Waals surface area contributed by atoms with E-state index in [1.54, 1.807) is 13.8 Å². The molecule has 1 aliphatic rings. The van der Waals surface area contributed by atoms with Gasteiger partial charge in [0.25, 0.3) is 10.0 Å². The number of aryl methyl sites for hydroxylation is 1. The lowest BCUT2D eigenvalue weighted by molar-refractivity contribution is -0.124. The maximum absolute atomic E-state index is 12.2. The first-order valence-corrected chi connectivity index (χ1v) is 7.62. The minimum Gasteiger partial charge on any atom is -0.299 e. The lowest BCUT2D eigenvalue weighted by Crippen LogP contribution is -2.42. The van der Waals surface area contributed by atoms with E-state index in [2.05, 4.69) is 4.98 Å². The number of hydrogen-bond donors (Lipinski definition) is 0. The van der Waals surface area contributed by atoms with Crippen LogP contribution in [-0.4, -0.2) is 36.6 Å². The van der Waals surface area contributed by atoms with E-state index >= 15 is 0 Å². The molecule has 17 heavy (non-hydrogen) atoms. The molecular weight excluding hydrogens is 260 g/mol. The van der Waals surface area contributed by atoms with Crippen molar-refractivity contribution in [1.29, 1.82) is 0 Å². The first-order chi connectivity index (χ1) is 7.91. The summed E-state index contributed by atoms with van der Waals surface area (Å²) < 4.78 is 26.1. The quantitative estimate of drug-likeness (QED) is 0.808. The molecule has 0 aromatic carbocycles. The topological polar surface area (TPSA) is 67.3 Å². The van der Waals surface area contributed by atoms with Crippen LogP contribution in [0.2, 0.25) is 0 Å². The van der Waals surface area contributed by atoms with E-state index in [1.807, 2.05) is 0 Å². The maximum Gasteiger partial charge on any atom is 0.254 e. The van der Waals surface area contributed by atoms with E-state index in [9.17, 15) is 13.2 Å². The van der Waals surface area contributed by atoms with Gasteiger partial charge in [0.15, 0.2) is 4.21 Å². The first-order valence-electron chi connectivity index (χ1n) is 5.36. The second-order valence-corrected chi connectivity index (χ2v) is 7.58. The molecule has 0 radical (unpaired) electrons. The second-order valence-electron chi connectivity index (χ2n) is 4.18. The highest BCUT2D eigenvalue weighted by atomic mass is 32.2. The fourth-order valence-electron chi connectivity index (χ4n) is 1.79. The molecule has 2 rings (SSSR count). The molecule has 0 bridgehead atoms. The van der Waals surface area contributed by atoms with Crippen molar-refractivity contribution in [2.24, 2.45) is 5.92 Å². The van der Waals surface area contributed by atoms with Crippen molar-refractivity contribution < 1.29 is 13.2 Å². The molecule has 0 saturated carbocycles. The highest BCUT2D eigenvalue weighted by Crippen LogP contribution is 2.25. The molecule has 1 saturated heterocycles. The van der Waals surface area contributed by atoms with E-state index in [0.717, 1.165) is 16.3 Å². The van der Waals surface area contributed by atoms with Crippen molar-refractivity contribution in [2.75, 3.05) is 13.1 Å². The molecule has 7 heteroatoms. The Morgan fingerprint density at radius 3 is 2.76 bits per heavy atom. The standard InChI is InChI=1S/C10H14N2O3S2/c1-7-6-12(4-3-9(7)13)17(14,15)10-5-11-8(2)16-10/h5,7H,3-4,6H2,1-2H3. The van der Waals surface area contributed by atoms with E-state index in [-0.39, 0.29) is 29.0 Å². The van der Waals surface area contributed by atoms with Gasteiger partial charge in [-0.2, -0.15) is 4.31 Å². The number of rotatable bonds is 2. The monoisotopic (exact) mass is 274 g/mol. The zero-order valence-corrected chi connectivity index (χ0v) is 11.3. The number of nitrogens with zero attached hydrogens (tertiary/aromatic N) is 2. The van der Waals surface area contributed by atoms with Gasteiger partial charge >= 0.3 is 0 Å². The van der Waals surface area contributed by atoms with Crippen LogP contribution in [0.4, 0.5) is 0 Å². The Balaban J connectivity index is 2.25.